The smallest absolute Gasteiger partial charge is 0.255 e. The summed E-state index contributed by atoms with van der Waals surface area (Å²) in [4.78, 5) is 19.1. The second kappa shape index (κ2) is 5.63. The number of halogens is 1. The largest absolute Gasteiger partial charge is 0.337 e. The molecule has 0 saturated heterocycles. The van der Waals surface area contributed by atoms with Crippen molar-refractivity contribution in [3.05, 3.63) is 50.4 Å². The van der Waals surface area contributed by atoms with E-state index in [0.29, 0.717) is 12.1 Å². The van der Waals surface area contributed by atoms with Gasteiger partial charge < -0.3 is 4.90 Å². The van der Waals surface area contributed by atoms with Crippen LogP contribution in [-0.4, -0.2) is 22.8 Å². The maximum absolute atomic E-state index is 12.2. The van der Waals surface area contributed by atoms with E-state index in [1.807, 2.05) is 24.4 Å². The van der Waals surface area contributed by atoms with E-state index < -0.39 is 0 Å². The lowest BCUT2D eigenvalue weighted by molar-refractivity contribution is 0.0786. The molecule has 0 radical (unpaired) electrons. The van der Waals surface area contributed by atoms with Gasteiger partial charge in [0.25, 0.3) is 5.91 Å². The molecule has 94 valence electrons. The van der Waals surface area contributed by atoms with Crippen molar-refractivity contribution in [1.29, 1.82) is 0 Å². The van der Waals surface area contributed by atoms with E-state index in [2.05, 4.69) is 20.9 Å². The number of hydrogen-bond acceptors (Lipinski definition) is 3. The van der Waals surface area contributed by atoms with Crippen molar-refractivity contribution in [2.75, 3.05) is 7.05 Å². The highest BCUT2D eigenvalue weighted by Gasteiger charge is 2.13. The number of thiophene rings is 1. The molecule has 0 bridgehead atoms. The summed E-state index contributed by atoms with van der Waals surface area (Å²) >= 11 is 5.05. The van der Waals surface area contributed by atoms with E-state index in [-0.39, 0.29) is 5.91 Å². The summed E-state index contributed by atoms with van der Waals surface area (Å²) in [6, 6.07) is 3.89. The monoisotopic (exact) mass is 324 g/mol. The normalized spacial score (nSPS) is 10.4. The third kappa shape index (κ3) is 3.17. The maximum atomic E-state index is 12.2. The Balaban J connectivity index is 2.09. The molecule has 0 saturated carbocycles. The molecule has 0 atom stereocenters. The van der Waals surface area contributed by atoms with Crippen molar-refractivity contribution < 1.29 is 4.79 Å². The molecular weight excluding hydrogens is 312 g/mol. The standard InChI is InChI=1S/C13H13BrN2OS/c1-9-3-10(6-15-5-9)13(17)16(2)7-12-4-11(14)8-18-12/h3-6,8H,7H2,1-2H3. The van der Waals surface area contributed by atoms with E-state index >= 15 is 0 Å². The van der Waals surface area contributed by atoms with Crippen molar-refractivity contribution in [2.45, 2.75) is 13.5 Å². The first kappa shape index (κ1) is 13.2. The van der Waals surface area contributed by atoms with E-state index in [9.17, 15) is 4.79 Å². The third-order valence-corrected chi connectivity index (χ3v) is 4.17. The predicted octanol–water partition coefficient (Wildman–Crippen LogP) is 3.49. The molecule has 0 spiro atoms. The molecule has 2 rings (SSSR count). The molecular formula is C13H13BrN2OS. The van der Waals surface area contributed by atoms with Gasteiger partial charge in [0.15, 0.2) is 0 Å². The molecule has 5 heteroatoms. The highest BCUT2D eigenvalue weighted by Crippen LogP contribution is 2.21. The molecule has 0 N–H and O–H groups in total. The fourth-order valence-electron chi connectivity index (χ4n) is 1.63. The van der Waals surface area contributed by atoms with Crippen molar-refractivity contribution in [3.8, 4) is 0 Å². The van der Waals surface area contributed by atoms with Gasteiger partial charge in [-0.05, 0) is 40.5 Å². The Kier molecular flexibility index (Phi) is 4.14. The Hall–Kier alpha value is -1.20. The number of carbonyl (C=O) groups is 1. The van der Waals surface area contributed by atoms with Gasteiger partial charge in [0.2, 0.25) is 0 Å². The molecule has 3 nitrogen and oxygen atoms in total. The van der Waals surface area contributed by atoms with Gasteiger partial charge in [-0.3, -0.25) is 9.78 Å². The SMILES string of the molecule is Cc1cncc(C(=O)N(C)Cc2cc(Br)cs2)c1. The minimum absolute atomic E-state index is 0.00396. The number of rotatable bonds is 3. The molecule has 2 aromatic rings. The van der Waals surface area contributed by atoms with Crippen molar-refractivity contribution in [1.82, 2.24) is 9.88 Å². The molecule has 2 heterocycles. The van der Waals surface area contributed by atoms with Gasteiger partial charge in [-0.1, -0.05) is 0 Å². The lowest BCUT2D eigenvalue weighted by Crippen LogP contribution is -2.25. The van der Waals surface area contributed by atoms with Crippen LogP contribution in [0.4, 0.5) is 0 Å². The van der Waals surface area contributed by atoms with Gasteiger partial charge in [0.1, 0.15) is 0 Å². The fraction of sp³-hybridized carbons (Fsp3) is 0.231. The van der Waals surface area contributed by atoms with Crippen LogP contribution in [0.3, 0.4) is 0 Å². The zero-order chi connectivity index (χ0) is 13.1. The minimum Gasteiger partial charge on any atom is -0.337 e. The second-order valence-corrected chi connectivity index (χ2v) is 6.05. The maximum Gasteiger partial charge on any atom is 0.255 e. The van der Waals surface area contributed by atoms with Crippen molar-refractivity contribution in [2.24, 2.45) is 0 Å². The second-order valence-electron chi connectivity index (χ2n) is 4.14. The summed E-state index contributed by atoms with van der Waals surface area (Å²) in [5.74, 6) is -0.00396. The first-order chi connectivity index (χ1) is 8.56. The zero-order valence-electron chi connectivity index (χ0n) is 10.2. The fourth-order valence-corrected chi connectivity index (χ4v) is 3.14. The number of aryl methyl sites for hydroxylation is 1. The van der Waals surface area contributed by atoms with Gasteiger partial charge in [-0.2, -0.15) is 0 Å². The van der Waals surface area contributed by atoms with Gasteiger partial charge >= 0.3 is 0 Å². The summed E-state index contributed by atoms with van der Waals surface area (Å²) in [5.41, 5.74) is 1.63. The van der Waals surface area contributed by atoms with Crippen LogP contribution < -0.4 is 0 Å². The Labute approximate surface area is 119 Å². The average Bonchev–Trinajstić information content (AvgIpc) is 2.73. The summed E-state index contributed by atoms with van der Waals surface area (Å²) in [7, 11) is 1.80. The van der Waals surface area contributed by atoms with Crippen LogP contribution in [0.25, 0.3) is 0 Å². The van der Waals surface area contributed by atoms with Crippen molar-refractivity contribution in [3.63, 3.8) is 0 Å². The molecule has 2 aromatic heterocycles. The molecule has 0 aliphatic heterocycles. The van der Waals surface area contributed by atoms with Crippen molar-refractivity contribution >= 4 is 33.2 Å². The lowest BCUT2D eigenvalue weighted by Gasteiger charge is -2.16. The van der Waals surface area contributed by atoms with E-state index in [4.69, 9.17) is 0 Å². The highest BCUT2D eigenvalue weighted by molar-refractivity contribution is 9.10. The van der Waals surface area contributed by atoms with Crippen LogP contribution in [0, 0.1) is 6.92 Å². The van der Waals surface area contributed by atoms with E-state index in [1.165, 1.54) is 0 Å². The first-order valence-electron chi connectivity index (χ1n) is 5.46. The predicted molar refractivity (Wildman–Crippen MR) is 76.8 cm³/mol. The summed E-state index contributed by atoms with van der Waals surface area (Å²) < 4.78 is 1.06. The van der Waals surface area contributed by atoms with Gasteiger partial charge in [-0.15, -0.1) is 11.3 Å². The number of hydrogen-bond donors (Lipinski definition) is 0. The van der Waals surface area contributed by atoms with Gasteiger partial charge in [0, 0.05) is 34.2 Å². The van der Waals surface area contributed by atoms with Gasteiger partial charge in [0.05, 0.1) is 12.1 Å². The van der Waals surface area contributed by atoms with Crippen LogP contribution >= 0.6 is 27.3 Å². The Morgan fingerprint density at radius 2 is 2.22 bits per heavy atom. The molecule has 0 aromatic carbocycles. The van der Waals surface area contributed by atoms with Crippen LogP contribution in [-0.2, 0) is 6.54 Å². The molecule has 0 fully saturated rings. The molecule has 0 unspecified atom stereocenters. The van der Waals surface area contributed by atoms with Crippen LogP contribution in [0.15, 0.2) is 34.4 Å². The molecule has 18 heavy (non-hydrogen) atoms. The van der Waals surface area contributed by atoms with Gasteiger partial charge in [-0.25, -0.2) is 0 Å². The average molecular weight is 325 g/mol. The Morgan fingerprint density at radius 1 is 1.44 bits per heavy atom. The number of aromatic nitrogens is 1. The number of amides is 1. The molecule has 0 aliphatic carbocycles. The zero-order valence-corrected chi connectivity index (χ0v) is 12.6. The number of nitrogens with zero attached hydrogens (tertiary/aromatic N) is 2. The summed E-state index contributed by atoms with van der Waals surface area (Å²) in [6.45, 7) is 2.54. The minimum atomic E-state index is -0.00396. The van der Waals surface area contributed by atoms with Crippen LogP contribution in [0.2, 0.25) is 0 Å². The first-order valence-corrected chi connectivity index (χ1v) is 7.13. The van der Waals surface area contributed by atoms with E-state index in [0.717, 1.165) is 14.9 Å². The third-order valence-electron chi connectivity index (χ3n) is 2.48. The topological polar surface area (TPSA) is 33.2 Å². The molecule has 0 aliphatic rings. The summed E-state index contributed by atoms with van der Waals surface area (Å²) in [5, 5.41) is 2.02. The number of carbonyl (C=O) groups excluding carboxylic acids is 1. The van der Waals surface area contributed by atoms with E-state index in [1.54, 1.807) is 35.7 Å². The molecule has 1 amide bonds. The van der Waals surface area contributed by atoms with Crippen LogP contribution in [0.1, 0.15) is 20.8 Å². The highest BCUT2D eigenvalue weighted by atomic mass is 79.9. The quantitative estimate of drug-likeness (QED) is 0.865. The Bertz CT molecular complexity index is 568. The van der Waals surface area contributed by atoms with Crippen LogP contribution in [0.5, 0.6) is 0 Å². The number of pyridine rings is 1. The Morgan fingerprint density at radius 3 is 2.83 bits per heavy atom. The summed E-state index contributed by atoms with van der Waals surface area (Å²) in [6.07, 6.45) is 3.35. The lowest BCUT2D eigenvalue weighted by atomic mass is 10.2.